The van der Waals surface area contributed by atoms with Gasteiger partial charge in [0.2, 0.25) is 0 Å². The lowest BCUT2D eigenvalue weighted by atomic mass is 10.1. The van der Waals surface area contributed by atoms with Crippen LogP contribution in [0.5, 0.6) is 11.5 Å². The Kier molecular flexibility index (Phi) is 7.62. The van der Waals surface area contributed by atoms with E-state index in [2.05, 4.69) is 5.32 Å². The van der Waals surface area contributed by atoms with Crippen LogP contribution < -0.4 is 14.8 Å². The van der Waals surface area contributed by atoms with E-state index in [0.29, 0.717) is 39.7 Å². The summed E-state index contributed by atoms with van der Waals surface area (Å²) in [7, 11) is 1.56. The molecule has 3 nitrogen and oxygen atoms in total. The Labute approximate surface area is 184 Å². The third-order valence-electron chi connectivity index (χ3n) is 4.25. The monoisotopic (exact) mass is 453 g/mol. The molecular formula is C22H19Cl3FNO2. The molecule has 0 fully saturated rings. The molecule has 0 unspecified atom stereocenters. The first kappa shape index (κ1) is 21.7. The summed E-state index contributed by atoms with van der Waals surface area (Å²) in [5.41, 5.74) is 2.72. The van der Waals surface area contributed by atoms with Crippen molar-refractivity contribution in [3.63, 3.8) is 0 Å². The molecule has 0 saturated carbocycles. The van der Waals surface area contributed by atoms with Crippen molar-refractivity contribution >= 4 is 34.8 Å². The summed E-state index contributed by atoms with van der Waals surface area (Å²) in [5.74, 6) is 0.726. The molecule has 0 amide bonds. The maximum absolute atomic E-state index is 13.0. The Balaban J connectivity index is 1.65. The number of hydrogen-bond donors (Lipinski definition) is 1. The van der Waals surface area contributed by atoms with Crippen LogP contribution in [-0.4, -0.2) is 7.11 Å². The van der Waals surface area contributed by atoms with Crippen LogP contribution >= 0.6 is 34.8 Å². The van der Waals surface area contributed by atoms with Crippen LogP contribution in [0.1, 0.15) is 16.7 Å². The van der Waals surface area contributed by atoms with Crippen LogP contribution in [0.25, 0.3) is 0 Å². The third-order valence-corrected chi connectivity index (χ3v) is 5.12. The lowest BCUT2D eigenvalue weighted by molar-refractivity contribution is 0.284. The first-order valence-electron chi connectivity index (χ1n) is 8.84. The normalized spacial score (nSPS) is 10.8. The molecule has 0 radical (unpaired) electrons. The average molecular weight is 455 g/mol. The highest BCUT2D eigenvalue weighted by molar-refractivity contribution is 6.35. The van der Waals surface area contributed by atoms with Gasteiger partial charge in [-0.1, -0.05) is 53.0 Å². The summed E-state index contributed by atoms with van der Waals surface area (Å²) in [5, 5.41) is 4.82. The Morgan fingerprint density at radius 1 is 0.862 bits per heavy atom. The van der Waals surface area contributed by atoms with Gasteiger partial charge in [-0.2, -0.15) is 0 Å². The maximum atomic E-state index is 13.0. The van der Waals surface area contributed by atoms with E-state index in [1.165, 1.54) is 12.1 Å². The topological polar surface area (TPSA) is 30.5 Å². The van der Waals surface area contributed by atoms with Crippen LogP contribution in [0, 0.1) is 5.82 Å². The van der Waals surface area contributed by atoms with Gasteiger partial charge in [0.1, 0.15) is 12.4 Å². The predicted molar refractivity (Wildman–Crippen MR) is 116 cm³/mol. The fraction of sp³-hybridized carbons (Fsp3) is 0.182. The van der Waals surface area contributed by atoms with E-state index in [9.17, 15) is 4.39 Å². The molecule has 0 aromatic heterocycles. The second kappa shape index (κ2) is 10.2. The summed E-state index contributed by atoms with van der Waals surface area (Å²) in [6.45, 7) is 1.40. The maximum Gasteiger partial charge on any atom is 0.180 e. The number of ether oxygens (including phenoxy) is 2. The fourth-order valence-corrected chi connectivity index (χ4v) is 3.51. The Morgan fingerprint density at radius 2 is 1.59 bits per heavy atom. The molecule has 0 bridgehead atoms. The molecule has 0 aliphatic rings. The second-order valence-electron chi connectivity index (χ2n) is 6.36. The molecule has 1 N–H and O–H groups in total. The minimum atomic E-state index is -0.249. The quantitative estimate of drug-likeness (QED) is 0.412. The zero-order valence-electron chi connectivity index (χ0n) is 15.6. The highest BCUT2D eigenvalue weighted by atomic mass is 35.5. The minimum Gasteiger partial charge on any atom is -0.493 e. The lowest BCUT2D eigenvalue weighted by Gasteiger charge is -2.15. The number of hydrogen-bond acceptors (Lipinski definition) is 3. The molecule has 0 aliphatic carbocycles. The van der Waals surface area contributed by atoms with E-state index in [0.717, 1.165) is 16.7 Å². The zero-order chi connectivity index (χ0) is 20.8. The molecule has 0 atom stereocenters. The van der Waals surface area contributed by atoms with E-state index in [4.69, 9.17) is 44.3 Å². The van der Waals surface area contributed by atoms with Crippen molar-refractivity contribution in [2.45, 2.75) is 19.7 Å². The van der Waals surface area contributed by atoms with Crippen molar-refractivity contribution in [2.24, 2.45) is 0 Å². The molecule has 152 valence electrons. The smallest absolute Gasteiger partial charge is 0.180 e. The predicted octanol–water partition coefficient (Wildman–Crippen LogP) is 6.66. The van der Waals surface area contributed by atoms with Crippen LogP contribution in [0.2, 0.25) is 15.1 Å². The van der Waals surface area contributed by atoms with Gasteiger partial charge < -0.3 is 14.8 Å². The zero-order valence-corrected chi connectivity index (χ0v) is 17.9. The third kappa shape index (κ3) is 6.00. The Bertz CT molecular complexity index is 981. The fourth-order valence-electron chi connectivity index (χ4n) is 2.76. The van der Waals surface area contributed by atoms with Crippen molar-refractivity contribution in [1.82, 2.24) is 5.32 Å². The van der Waals surface area contributed by atoms with E-state index < -0.39 is 0 Å². The molecule has 3 aromatic carbocycles. The SMILES string of the molecule is COc1cc(CNCc2ccc(F)cc2)cc(Cl)c1OCc1ccc(Cl)cc1Cl. The van der Waals surface area contributed by atoms with Gasteiger partial charge in [0.25, 0.3) is 0 Å². The molecule has 0 spiro atoms. The van der Waals surface area contributed by atoms with E-state index in [1.807, 2.05) is 12.1 Å². The molecular weight excluding hydrogens is 436 g/mol. The summed E-state index contributed by atoms with van der Waals surface area (Å²) >= 11 is 18.5. The number of rotatable bonds is 8. The van der Waals surface area contributed by atoms with Gasteiger partial charge in [0, 0.05) is 28.7 Å². The van der Waals surface area contributed by atoms with Crippen molar-refractivity contribution in [3.05, 3.63) is 92.2 Å². The Hall–Kier alpha value is -1.98. The van der Waals surface area contributed by atoms with Gasteiger partial charge in [-0.15, -0.1) is 0 Å². The summed E-state index contributed by atoms with van der Waals surface area (Å²) in [6, 6.07) is 15.3. The Morgan fingerprint density at radius 3 is 2.28 bits per heavy atom. The highest BCUT2D eigenvalue weighted by Crippen LogP contribution is 2.37. The molecule has 3 rings (SSSR count). The van der Waals surface area contributed by atoms with Gasteiger partial charge in [0.05, 0.1) is 12.1 Å². The average Bonchev–Trinajstić information content (AvgIpc) is 2.69. The van der Waals surface area contributed by atoms with Crippen LogP contribution in [0.4, 0.5) is 4.39 Å². The summed E-state index contributed by atoms with van der Waals surface area (Å²) in [4.78, 5) is 0. The van der Waals surface area contributed by atoms with Gasteiger partial charge in [0.15, 0.2) is 11.5 Å². The van der Waals surface area contributed by atoms with Crippen molar-refractivity contribution in [3.8, 4) is 11.5 Å². The number of halogens is 4. The lowest BCUT2D eigenvalue weighted by Crippen LogP contribution is -2.13. The van der Waals surface area contributed by atoms with Crippen molar-refractivity contribution in [2.75, 3.05) is 7.11 Å². The highest BCUT2D eigenvalue weighted by Gasteiger charge is 2.13. The van der Waals surface area contributed by atoms with Crippen LogP contribution in [-0.2, 0) is 19.7 Å². The number of nitrogens with one attached hydrogen (secondary N) is 1. The summed E-state index contributed by atoms with van der Waals surface area (Å²) < 4.78 is 24.3. The molecule has 0 heterocycles. The number of methoxy groups -OCH3 is 1. The molecule has 7 heteroatoms. The first-order chi connectivity index (χ1) is 14.0. The molecule has 0 aliphatic heterocycles. The van der Waals surface area contributed by atoms with E-state index in [-0.39, 0.29) is 12.4 Å². The largest absolute Gasteiger partial charge is 0.493 e. The van der Waals surface area contributed by atoms with Crippen molar-refractivity contribution < 1.29 is 13.9 Å². The van der Waals surface area contributed by atoms with E-state index in [1.54, 1.807) is 37.4 Å². The standard InChI is InChI=1S/C22H19Cl3FNO2/c1-28-21-9-15(12-27-11-14-2-6-18(26)7-3-14)8-20(25)22(21)29-13-16-4-5-17(23)10-19(16)24/h2-10,27H,11-13H2,1H3. The van der Waals surface area contributed by atoms with E-state index >= 15 is 0 Å². The molecule has 0 saturated heterocycles. The van der Waals surface area contributed by atoms with Gasteiger partial charge >= 0.3 is 0 Å². The molecule has 3 aromatic rings. The minimum absolute atomic E-state index is 0.230. The van der Waals surface area contributed by atoms with Gasteiger partial charge in [-0.25, -0.2) is 4.39 Å². The van der Waals surface area contributed by atoms with Crippen molar-refractivity contribution in [1.29, 1.82) is 0 Å². The van der Waals surface area contributed by atoms with Crippen LogP contribution in [0.15, 0.2) is 54.6 Å². The number of benzene rings is 3. The van der Waals surface area contributed by atoms with Gasteiger partial charge in [-0.3, -0.25) is 0 Å². The summed E-state index contributed by atoms with van der Waals surface area (Å²) in [6.07, 6.45) is 0. The first-order valence-corrected chi connectivity index (χ1v) is 9.98. The van der Waals surface area contributed by atoms with Crippen LogP contribution in [0.3, 0.4) is 0 Å². The van der Waals surface area contributed by atoms with Gasteiger partial charge in [-0.05, 0) is 47.5 Å². The second-order valence-corrected chi connectivity index (χ2v) is 7.61. The molecule has 29 heavy (non-hydrogen) atoms.